The van der Waals surface area contributed by atoms with E-state index in [-0.39, 0.29) is 16.9 Å². The molecule has 0 unspecified atom stereocenters. The van der Waals surface area contributed by atoms with Crippen LogP contribution in [-0.4, -0.2) is 23.5 Å². The first-order chi connectivity index (χ1) is 9.56. The molecule has 1 aliphatic carbocycles. The molecule has 108 valence electrons. The highest BCUT2D eigenvalue weighted by Gasteiger charge is 2.32. The summed E-state index contributed by atoms with van der Waals surface area (Å²) in [7, 11) is 0. The molecule has 0 aromatic heterocycles. The van der Waals surface area contributed by atoms with Crippen molar-refractivity contribution in [1.29, 1.82) is 0 Å². The normalized spacial score (nSPS) is 16.9. The number of rotatable bonds is 5. The van der Waals surface area contributed by atoms with Gasteiger partial charge in [-0.2, -0.15) is 0 Å². The van der Waals surface area contributed by atoms with Gasteiger partial charge in [-0.25, -0.2) is 4.79 Å². The minimum atomic E-state index is -0.979. The fourth-order valence-electron chi connectivity index (χ4n) is 2.91. The molecular weight excluding hydrogens is 254 g/mol. The van der Waals surface area contributed by atoms with Crippen molar-refractivity contribution in [3.63, 3.8) is 0 Å². The molecule has 4 nitrogen and oxygen atoms in total. The van der Waals surface area contributed by atoms with Gasteiger partial charge in [-0.3, -0.25) is 4.79 Å². The quantitative estimate of drug-likeness (QED) is 0.867. The Morgan fingerprint density at radius 3 is 2.20 bits per heavy atom. The molecule has 1 fully saturated rings. The van der Waals surface area contributed by atoms with Crippen molar-refractivity contribution in [3.05, 3.63) is 35.4 Å². The Hall–Kier alpha value is -1.84. The van der Waals surface area contributed by atoms with Crippen LogP contribution in [0.15, 0.2) is 24.3 Å². The molecule has 4 heteroatoms. The van der Waals surface area contributed by atoms with E-state index in [2.05, 4.69) is 12.2 Å². The van der Waals surface area contributed by atoms with E-state index in [4.69, 9.17) is 5.11 Å². The monoisotopic (exact) mass is 275 g/mol. The molecule has 0 bridgehead atoms. The Morgan fingerprint density at radius 1 is 1.15 bits per heavy atom. The van der Waals surface area contributed by atoms with Crippen LogP contribution in [0.3, 0.4) is 0 Å². The lowest BCUT2D eigenvalue weighted by molar-refractivity contribution is 0.0696. The zero-order valence-electron chi connectivity index (χ0n) is 11.8. The van der Waals surface area contributed by atoms with Gasteiger partial charge < -0.3 is 10.4 Å². The van der Waals surface area contributed by atoms with Crippen LogP contribution in [-0.2, 0) is 0 Å². The van der Waals surface area contributed by atoms with E-state index in [9.17, 15) is 9.59 Å². The molecule has 2 N–H and O–H groups in total. The van der Waals surface area contributed by atoms with Crippen LogP contribution in [0.1, 0.15) is 59.7 Å². The van der Waals surface area contributed by atoms with Crippen LogP contribution < -0.4 is 5.32 Å². The zero-order valence-corrected chi connectivity index (χ0v) is 11.8. The summed E-state index contributed by atoms with van der Waals surface area (Å²) in [5.41, 5.74) is 0.970. The number of hydrogen-bond donors (Lipinski definition) is 2. The molecule has 0 spiro atoms. The minimum absolute atomic E-state index is 0.123. The summed E-state index contributed by atoms with van der Waals surface area (Å²) in [6, 6.07) is 6.04. The summed E-state index contributed by atoms with van der Waals surface area (Å²) in [5.74, 6) is -1.10. The van der Waals surface area contributed by atoms with E-state index in [0.29, 0.717) is 12.1 Å². The van der Waals surface area contributed by atoms with Crippen LogP contribution in [0.25, 0.3) is 0 Å². The number of hydrogen-bond acceptors (Lipinski definition) is 2. The van der Waals surface area contributed by atoms with Crippen molar-refractivity contribution in [1.82, 2.24) is 5.32 Å². The summed E-state index contributed by atoms with van der Waals surface area (Å²) in [4.78, 5) is 22.8. The minimum Gasteiger partial charge on any atom is -0.478 e. The molecule has 0 radical (unpaired) electrons. The first-order valence-corrected chi connectivity index (χ1v) is 7.18. The van der Waals surface area contributed by atoms with Crippen LogP contribution >= 0.6 is 0 Å². The first kappa shape index (κ1) is 14.6. The first-order valence-electron chi connectivity index (χ1n) is 7.18. The van der Waals surface area contributed by atoms with Gasteiger partial charge in [0.25, 0.3) is 5.91 Å². The Bertz CT molecular complexity index is 487. The highest BCUT2D eigenvalue weighted by molar-refractivity contribution is 5.95. The molecular formula is C16H21NO3. The van der Waals surface area contributed by atoms with Gasteiger partial charge in [-0.1, -0.05) is 19.8 Å². The number of benzene rings is 1. The average Bonchev–Trinajstić information content (AvgIpc) is 2.94. The van der Waals surface area contributed by atoms with E-state index >= 15 is 0 Å². The average molecular weight is 275 g/mol. The highest BCUT2D eigenvalue weighted by atomic mass is 16.4. The van der Waals surface area contributed by atoms with Gasteiger partial charge in [-0.05, 0) is 48.9 Å². The van der Waals surface area contributed by atoms with Crippen LogP contribution in [0.4, 0.5) is 0 Å². The van der Waals surface area contributed by atoms with Crippen molar-refractivity contribution in [2.75, 3.05) is 6.54 Å². The molecule has 2 rings (SSSR count). The summed E-state index contributed by atoms with van der Waals surface area (Å²) in [5, 5.41) is 11.8. The lowest BCUT2D eigenvalue weighted by atomic mass is 9.83. The van der Waals surface area contributed by atoms with Crippen molar-refractivity contribution >= 4 is 11.9 Å². The molecule has 0 atom stereocenters. The van der Waals surface area contributed by atoms with E-state index in [1.807, 2.05) is 0 Å². The predicted octanol–water partition coefficient (Wildman–Crippen LogP) is 3.09. The van der Waals surface area contributed by atoms with Crippen molar-refractivity contribution < 1.29 is 14.7 Å². The maximum atomic E-state index is 12.1. The Kier molecular flexibility index (Phi) is 4.42. The summed E-state index contributed by atoms with van der Waals surface area (Å²) >= 11 is 0. The second-order valence-corrected chi connectivity index (χ2v) is 5.63. The molecule has 1 saturated carbocycles. The molecule has 1 amide bonds. The predicted molar refractivity (Wildman–Crippen MR) is 76.9 cm³/mol. The van der Waals surface area contributed by atoms with Gasteiger partial charge in [0.05, 0.1) is 5.56 Å². The van der Waals surface area contributed by atoms with Gasteiger partial charge in [-0.15, -0.1) is 0 Å². The lowest BCUT2D eigenvalue weighted by Crippen LogP contribution is -2.35. The summed E-state index contributed by atoms with van der Waals surface area (Å²) in [6.45, 7) is 2.89. The highest BCUT2D eigenvalue weighted by Crippen LogP contribution is 2.40. The third-order valence-electron chi connectivity index (χ3n) is 4.43. The third kappa shape index (κ3) is 3.18. The maximum absolute atomic E-state index is 12.1. The van der Waals surface area contributed by atoms with Gasteiger partial charge in [0.2, 0.25) is 0 Å². The fourth-order valence-corrected chi connectivity index (χ4v) is 2.91. The van der Waals surface area contributed by atoms with Crippen LogP contribution in [0.2, 0.25) is 0 Å². The Morgan fingerprint density at radius 2 is 1.70 bits per heavy atom. The fraction of sp³-hybridized carbons (Fsp3) is 0.500. The molecule has 1 aromatic carbocycles. The third-order valence-corrected chi connectivity index (χ3v) is 4.43. The number of carbonyl (C=O) groups excluding carboxylic acids is 1. The topological polar surface area (TPSA) is 66.4 Å². The molecule has 1 aliphatic rings. The number of amides is 1. The van der Waals surface area contributed by atoms with Crippen LogP contribution in [0.5, 0.6) is 0 Å². The molecule has 20 heavy (non-hydrogen) atoms. The van der Waals surface area contributed by atoms with Crippen LogP contribution in [0, 0.1) is 5.41 Å². The number of carboxylic acids is 1. The number of carbonyl (C=O) groups is 2. The lowest BCUT2D eigenvalue weighted by Gasteiger charge is -2.27. The second kappa shape index (κ2) is 6.07. The summed E-state index contributed by atoms with van der Waals surface area (Å²) in [6.07, 6.45) is 5.95. The van der Waals surface area contributed by atoms with E-state index in [0.717, 1.165) is 6.42 Å². The molecule has 0 heterocycles. The van der Waals surface area contributed by atoms with E-state index in [1.54, 1.807) is 12.1 Å². The SMILES string of the molecule is CCC1(CNC(=O)c2ccc(C(=O)O)cc2)CCCC1. The van der Waals surface area contributed by atoms with Gasteiger partial charge >= 0.3 is 5.97 Å². The summed E-state index contributed by atoms with van der Waals surface area (Å²) < 4.78 is 0. The second-order valence-electron chi connectivity index (χ2n) is 5.63. The number of aromatic carboxylic acids is 1. The standard InChI is InChI=1S/C16H21NO3/c1-2-16(9-3-4-10-16)11-17-14(18)12-5-7-13(8-6-12)15(19)20/h5-8H,2-4,9-11H2,1H3,(H,17,18)(H,19,20). The van der Waals surface area contributed by atoms with Crippen molar-refractivity contribution in [3.8, 4) is 0 Å². The maximum Gasteiger partial charge on any atom is 0.335 e. The largest absolute Gasteiger partial charge is 0.478 e. The smallest absolute Gasteiger partial charge is 0.335 e. The Labute approximate surface area is 119 Å². The van der Waals surface area contributed by atoms with Crippen molar-refractivity contribution in [2.24, 2.45) is 5.41 Å². The van der Waals surface area contributed by atoms with E-state index in [1.165, 1.54) is 37.8 Å². The van der Waals surface area contributed by atoms with Gasteiger partial charge in [0.15, 0.2) is 0 Å². The number of nitrogens with one attached hydrogen (secondary N) is 1. The van der Waals surface area contributed by atoms with Gasteiger partial charge in [0, 0.05) is 12.1 Å². The molecule has 0 saturated heterocycles. The van der Waals surface area contributed by atoms with E-state index < -0.39 is 5.97 Å². The number of carboxylic acid groups (broad SMARTS) is 1. The zero-order chi connectivity index (χ0) is 14.6. The van der Waals surface area contributed by atoms with Gasteiger partial charge in [0.1, 0.15) is 0 Å². The molecule has 0 aliphatic heterocycles. The Balaban J connectivity index is 1.96. The molecule has 1 aromatic rings. The van der Waals surface area contributed by atoms with Crippen molar-refractivity contribution in [2.45, 2.75) is 39.0 Å².